The van der Waals surface area contributed by atoms with Gasteiger partial charge in [-0.2, -0.15) is 5.26 Å². The van der Waals surface area contributed by atoms with Crippen molar-refractivity contribution in [3.05, 3.63) is 58.9 Å². The lowest BCUT2D eigenvalue weighted by Gasteiger charge is -2.25. The van der Waals surface area contributed by atoms with Gasteiger partial charge in [0.1, 0.15) is 11.8 Å². The molecule has 128 valence electrons. The first-order chi connectivity index (χ1) is 12.2. The van der Waals surface area contributed by atoms with Crippen LogP contribution in [0.2, 0.25) is 5.02 Å². The van der Waals surface area contributed by atoms with Crippen molar-refractivity contribution < 1.29 is 4.79 Å². The lowest BCUT2D eigenvalue weighted by molar-refractivity contribution is 0.242. The molecule has 6 heteroatoms. The summed E-state index contributed by atoms with van der Waals surface area (Å²) in [5.74, 6) is 0.406. The minimum absolute atomic E-state index is 0.0764. The Hall–Kier alpha value is -2.58. The predicted molar refractivity (Wildman–Crippen MR) is 97.3 cm³/mol. The second-order valence-electron chi connectivity index (χ2n) is 6.22. The van der Waals surface area contributed by atoms with Crippen LogP contribution in [0.4, 0.5) is 10.5 Å². The average molecular weight is 355 g/mol. The third-order valence-corrected chi connectivity index (χ3v) is 4.74. The highest BCUT2D eigenvalue weighted by atomic mass is 35.5. The van der Waals surface area contributed by atoms with Crippen LogP contribution in [0.25, 0.3) is 0 Å². The van der Waals surface area contributed by atoms with Crippen LogP contribution in [0.1, 0.15) is 43.0 Å². The number of amides is 2. The maximum atomic E-state index is 12.4. The summed E-state index contributed by atoms with van der Waals surface area (Å²) in [5, 5.41) is 15.3. The van der Waals surface area contributed by atoms with E-state index in [4.69, 9.17) is 16.9 Å². The fraction of sp³-hybridized carbons (Fsp3) is 0.316. The molecule has 1 heterocycles. The minimum Gasteiger partial charge on any atom is -0.331 e. The van der Waals surface area contributed by atoms with Gasteiger partial charge in [0.05, 0.1) is 17.9 Å². The number of rotatable bonds is 4. The number of halogens is 1. The van der Waals surface area contributed by atoms with E-state index in [1.54, 1.807) is 12.1 Å². The van der Waals surface area contributed by atoms with Crippen LogP contribution in [-0.2, 0) is 0 Å². The number of hydrogen-bond acceptors (Lipinski definition) is 3. The van der Waals surface area contributed by atoms with Crippen LogP contribution in [-0.4, -0.2) is 11.0 Å². The van der Waals surface area contributed by atoms with Gasteiger partial charge in [-0.15, -0.1) is 0 Å². The number of pyridine rings is 1. The molecule has 0 bridgehead atoms. The molecule has 1 aliphatic carbocycles. The van der Waals surface area contributed by atoms with Gasteiger partial charge in [-0.1, -0.05) is 36.6 Å². The Bertz CT molecular complexity index is 779. The van der Waals surface area contributed by atoms with E-state index >= 15 is 0 Å². The van der Waals surface area contributed by atoms with Crippen molar-refractivity contribution in [3.63, 3.8) is 0 Å². The number of nitrogens with zero attached hydrogens (tertiary/aromatic N) is 2. The summed E-state index contributed by atoms with van der Waals surface area (Å²) in [6.07, 6.45) is 6.03. The molecule has 1 atom stereocenters. The number of hydrogen-bond donors (Lipinski definition) is 2. The molecule has 1 aliphatic rings. The van der Waals surface area contributed by atoms with E-state index in [9.17, 15) is 4.79 Å². The molecule has 1 aromatic carbocycles. The van der Waals surface area contributed by atoms with E-state index in [-0.39, 0.29) is 12.1 Å². The number of carbonyl (C=O) groups is 1. The van der Waals surface area contributed by atoms with Gasteiger partial charge in [0.15, 0.2) is 0 Å². The summed E-state index contributed by atoms with van der Waals surface area (Å²) in [4.78, 5) is 16.4. The van der Waals surface area contributed by atoms with Crippen LogP contribution in [0.3, 0.4) is 0 Å². The van der Waals surface area contributed by atoms with Gasteiger partial charge in [0, 0.05) is 5.02 Å². The van der Waals surface area contributed by atoms with Gasteiger partial charge < -0.3 is 10.6 Å². The molecule has 1 saturated carbocycles. The first-order valence-electron chi connectivity index (χ1n) is 8.35. The quantitative estimate of drug-likeness (QED) is 0.838. The van der Waals surface area contributed by atoms with Crippen LogP contribution in [0.5, 0.6) is 0 Å². The van der Waals surface area contributed by atoms with Crippen molar-refractivity contribution in [1.29, 1.82) is 5.26 Å². The average Bonchev–Trinajstić information content (AvgIpc) is 3.14. The number of benzene rings is 1. The summed E-state index contributed by atoms with van der Waals surface area (Å²) in [7, 11) is 0. The fourth-order valence-corrected chi connectivity index (χ4v) is 3.51. The van der Waals surface area contributed by atoms with Crippen LogP contribution in [0, 0.1) is 17.2 Å². The van der Waals surface area contributed by atoms with Gasteiger partial charge in [0.25, 0.3) is 0 Å². The molecule has 1 fully saturated rings. The zero-order valence-electron chi connectivity index (χ0n) is 13.7. The lowest BCUT2D eigenvalue weighted by Crippen LogP contribution is -2.36. The second kappa shape index (κ2) is 8.00. The van der Waals surface area contributed by atoms with Gasteiger partial charge >= 0.3 is 6.03 Å². The van der Waals surface area contributed by atoms with Crippen molar-refractivity contribution >= 4 is 23.3 Å². The number of anilines is 1. The van der Waals surface area contributed by atoms with Crippen molar-refractivity contribution in [1.82, 2.24) is 10.3 Å². The summed E-state index contributed by atoms with van der Waals surface area (Å²) in [6.45, 7) is 0. The molecular formula is C19H19ClN4O. The Morgan fingerprint density at radius 3 is 2.72 bits per heavy atom. The molecule has 25 heavy (non-hydrogen) atoms. The first-order valence-corrected chi connectivity index (χ1v) is 8.72. The predicted octanol–water partition coefficient (Wildman–Crippen LogP) is 4.66. The molecule has 5 nitrogen and oxygen atoms in total. The SMILES string of the molecule is N#Cc1ccc(NC(=O)N[C@H](c2cccc(Cl)c2)C2CCCC2)cn1. The molecule has 0 spiro atoms. The smallest absolute Gasteiger partial charge is 0.319 e. The Morgan fingerprint density at radius 2 is 2.08 bits per heavy atom. The van der Waals surface area contributed by atoms with Crippen LogP contribution in [0.15, 0.2) is 42.6 Å². The molecule has 0 unspecified atom stereocenters. The zero-order valence-corrected chi connectivity index (χ0v) is 14.5. The first kappa shape index (κ1) is 17.2. The molecule has 0 aliphatic heterocycles. The molecule has 1 aromatic heterocycles. The Balaban J connectivity index is 1.72. The third-order valence-electron chi connectivity index (χ3n) is 4.50. The molecule has 2 N–H and O–H groups in total. The molecule has 0 saturated heterocycles. The number of nitrogens with one attached hydrogen (secondary N) is 2. The van der Waals surface area contributed by atoms with Crippen LogP contribution < -0.4 is 10.6 Å². The van der Waals surface area contributed by atoms with Gasteiger partial charge in [-0.3, -0.25) is 0 Å². The highest BCUT2D eigenvalue weighted by molar-refractivity contribution is 6.30. The lowest BCUT2D eigenvalue weighted by atomic mass is 9.92. The van der Waals surface area contributed by atoms with Gasteiger partial charge in [-0.25, -0.2) is 9.78 Å². The number of nitriles is 1. The molecule has 2 aromatic rings. The van der Waals surface area contributed by atoms with E-state index in [0.717, 1.165) is 18.4 Å². The zero-order chi connectivity index (χ0) is 17.6. The van der Waals surface area contributed by atoms with Crippen molar-refractivity contribution in [2.45, 2.75) is 31.7 Å². The standard InChI is InChI=1S/C19H19ClN4O/c20-15-7-3-6-14(10-15)18(13-4-1-2-5-13)24-19(25)23-17-9-8-16(11-21)22-12-17/h3,6-10,12-13,18H,1-2,4-5H2,(H2,23,24,25)/t18-/m0/s1. The third kappa shape index (κ3) is 4.49. The van der Waals surface area contributed by atoms with Gasteiger partial charge in [-0.05, 0) is 48.6 Å². The maximum absolute atomic E-state index is 12.4. The maximum Gasteiger partial charge on any atom is 0.319 e. The van der Waals surface area contributed by atoms with E-state index in [1.165, 1.54) is 19.0 Å². The van der Waals surface area contributed by atoms with E-state index in [2.05, 4.69) is 15.6 Å². The Morgan fingerprint density at radius 1 is 1.28 bits per heavy atom. The fourth-order valence-electron chi connectivity index (χ4n) is 3.31. The summed E-state index contributed by atoms with van der Waals surface area (Å²) < 4.78 is 0. The van der Waals surface area contributed by atoms with Crippen molar-refractivity contribution in [2.75, 3.05) is 5.32 Å². The molecule has 0 radical (unpaired) electrons. The summed E-state index contributed by atoms with van der Waals surface area (Å²) in [6, 6.07) is 12.5. The normalized spacial score (nSPS) is 15.4. The Kier molecular flexibility index (Phi) is 5.52. The highest BCUT2D eigenvalue weighted by Gasteiger charge is 2.28. The monoisotopic (exact) mass is 354 g/mol. The summed E-state index contributed by atoms with van der Waals surface area (Å²) in [5.41, 5.74) is 1.88. The van der Waals surface area contributed by atoms with Gasteiger partial charge in [0.2, 0.25) is 0 Å². The molecule has 2 amide bonds. The number of urea groups is 1. The second-order valence-corrected chi connectivity index (χ2v) is 6.66. The van der Waals surface area contributed by atoms with E-state index in [1.807, 2.05) is 30.3 Å². The minimum atomic E-state index is -0.289. The molecule has 3 rings (SSSR count). The van der Waals surface area contributed by atoms with E-state index < -0.39 is 0 Å². The number of carbonyl (C=O) groups excluding carboxylic acids is 1. The van der Waals surface area contributed by atoms with E-state index in [0.29, 0.717) is 22.3 Å². The number of aromatic nitrogens is 1. The van der Waals surface area contributed by atoms with Crippen molar-refractivity contribution in [2.24, 2.45) is 5.92 Å². The highest BCUT2D eigenvalue weighted by Crippen LogP contribution is 2.36. The Labute approximate surface area is 152 Å². The van der Waals surface area contributed by atoms with Crippen LogP contribution >= 0.6 is 11.6 Å². The molecular weight excluding hydrogens is 336 g/mol. The summed E-state index contributed by atoms with van der Waals surface area (Å²) >= 11 is 6.13. The van der Waals surface area contributed by atoms with Crippen molar-refractivity contribution in [3.8, 4) is 6.07 Å². The largest absolute Gasteiger partial charge is 0.331 e. The topological polar surface area (TPSA) is 77.8 Å².